The van der Waals surface area contributed by atoms with Gasteiger partial charge >= 0.3 is 17.9 Å². The number of ether oxygens (including phenoxy) is 3. The molecule has 2 unspecified atom stereocenters. The molecular weight excluding hydrogens is 496 g/mol. The summed E-state index contributed by atoms with van der Waals surface area (Å²) in [5, 5.41) is 34.8. The van der Waals surface area contributed by atoms with Gasteiger partial charge in [-0.1, -0.05) is 0 Å². The number of carbonyl (C=O) groups excluding carboxylic acids is 4. The molecule has 0 radical (unpaired) electrons. The number of fused-ring (bicyclic) bond motifs is 1. The Balaban J connectivity index is 0.00000153. The lowest BCUT2D eigenvalue weighted by atomic mass is 10.1. The number of benzene rings is 1. The molecular formula is C23H28N2O12. The largest absolute Gasteiger partial charge is 0.462 e. The number of aliphatic hydroxyl groups is 3. The van der Waals surface area contributed by atoms with E-state index < -0.39 is 47.8 Å². The van der Waals surface area contributed by atoms with Crippen LogP contribution in [-0.4, -0.2) is 76.8 Å². The van der Waals surface area contributed by atoms with E-state index in [4.69, 9.17) is 28.2 Å². The fourth-order valence-electron chi connectivity index (χ4n) is 3.17. The first kappa shape index (κ1) is 29.4. The van der Waals surface area contributed by atoms with E-state index in [0.29, 0.717) is 10.9 Å². The van der Waals surface area contributed by atoms with Gasteiger partial charge in [-0.15, -0.1) is 0 Å². The van der Waals surface area contributed by atoms with Crippen LogP contribution in [0.4, 0.5) is 4.79 Å². The molecule has 0 spiro atoms. The quantitative estimate of drug-likeness (QED) is 0.293. The van der Waals surface area contributed by atoms with E-state index >= 15 is 0 Å². The molecule has 2 amide bonds. The van der Waals surface area contributed by atoms with Crippen LogP contribution < -0.4 is 21.0 Å². The van der Waals surface area contributed by atoms with Crippen molar-refractivity contribution in [2.75, 3.05) is 13.2 Å². The number of nitrogens with one attached hydrogen (secondary N) is 2. The third-order valence-corrected chi connectivity index (χ3v) is 4.78. The van der Waals surface area contributed by atoms with Gasteiger partial charge in [0.15, 0.2) is 0 Å². The van der Waals surface area contributed by atoms with Gasteiger partial charge in [0, 0.05) is 24.1 Å². The molecule has 14 heteroatoms. The van der Waals surface area contributed by atoms with Crippen LogP contribution in [0.5, 0.6) is 5.75 Å². The summed E-state index contributed by atoms with van der Waals surface area (Å²) in [4.78, 5) is 52.0. The summed E-state index contributed by atoms with van der Waals surface area (Å²) in [5.74, 6) is -0.303. The van der Waals surface area contributed by atoms with Crippen LogP contribution >= 0.6 is 0 Å². The summed E-state index contributed by atoms with van der Waals surface area (Å²) in [5.41, 5.74) is -0.723. The van der Waals surface area contributed by atoms with Gasteiger partial charge in [0.25, 0.3) is 0 Å². The van der Waals surface area contributed by atoms with Gasteiger partial charge in [-0.3, -0.25) is 4.79 Å². The molecule has 0 aliphatic carbocycles. The zero-order valence-corrected chi connectivity index (χ0v) is 20.3. The van der Waals surface area contributed by atoms with Crippen molar-refractivity contribution in [3.63, 3.8) is 0 Å². The van der Waals surface area contributed by atoms with Crippen LogP contribution in [0.2, 0.25) is 0 Å². The molecule has 0 saturated carbocycles. The molecule has 0 bridgehead atoms. The minimum Gasteiger partial charge on any atom is -0.462 e. The highest BCUT2D eigenvalue weighted by molar-refractivity contribution is 5.84. The molecule has 1 fully saturated rings. The predicted octanol–water partition coefficient (Wildman–Crippen LogP) is -0.832. The molecule has 2 aromatic rings. The SMILES string of the molecule is CC(C)(C)OC(=O)NCC(=O)NCc1cc(=O)oc2cc(OC3OC[C@@H](O)C(O)[C@@H]3O)ccc12.O=C=O. The zero-order chi connectivity index (χ0) is 27.8. The van der Waals surface area contributed by atoms with Crippen LogP contribution in [-0.2, 0) is 30.4 Å². The number of hydrogen-bond donors (Lipinski definition) is 5. The fraction of sp³-hybridized carbons (Fsp3) is 0.478. The number of alkyl carbamates (subject to hydrolysis) is 1. The summed E-state index contributed by atoms with van der Waals surface area (Å²) in [6.45, 7) is 4.56. The second kappa shape index (κ2) is 12.9. The molecule has 1 aromatic carbocycles. The highest BCUT2D eigenvalue weighted by atomic mass is 16.7. The van der Waals surface area contributed by atoms with Gasteiger partial charge in [-0.2, -0.15) is 9.59 Å². The topological polar surface area (TPSA) is 211 Å². The van der Waals surface area contributed by atoms with Gasteiger partial charge < -0.3 is 44.6 Å². The standard InChI is InChI=1S/C22H28N2O10.CO2/c1-22(2,3)34-21(30)24-9-16(26)23-8-11-6-17(27)33-15-7-12(4-5-13(11)15)32-20-19(29)18(28)14(25)10-31-20;2-1-3/h4-7,14,18-20,25,28-29H,8-10H2,1-3H3,(H,23,26)(H,24,30);/t14-,18?,19+,20?;/m1./s1. The number of carbonyl (C=O) groups is 2. The van der Waals surface area contributed by atoms with Gasteiger partial charge in [-0.25, -0.2) is 9.59 Å². The molecule has 5 N–H and O–H groups in total. The Labute approximate surface area is 210 Å². The van der Waals surface area contributed by atoms with E-state index in [2.05, 4.69) is 10.6 Å². The summed E-state index contributed by atoms with van der Waals surface area (Å²) < 4.78 is 21.0. The molecule has 1 aliphatic heterocycles. The van der Waals surface area contributed by atoms with Crippen LogP contribution in [0.15, 0.2) is 33.5 Å². The highest BCUT2D eigenvalue weighted by Gasteiger charge is 2.39. The van der Waals surface area contributed by atoms with E-state index in [9.17, 15) is 29.7 Å². The molecule has 3 rings (SSSR count). The normalized spacial score (nSPS) is 21.1. The highest BCUT2D eigenvalue weighted by Crippen LogP contribution is 2.26. The third kappa shape index (κ3) is 8.97. The Bertz CT molecular complexity index is 1180. The average molecular weight is 524 g/mol. The van der Waals surface area contributed by atoms with Crippen molar-refractivity contribution >= 4 is 29.1 Å². The van der Waals surface area contributed by atoms with Crippen LogP contribution in [0.1, 0.15) is 26.3 Å². The van der Waals surface area contributed by atoms with Gasteiger partial charge in [0.05, 0.1) is 6.61 Å². The van der Waals surface area contributed by atoms with Crippen molar-refractivity contribution in [2.45, 2.75) is 57.5 Å². The number of aliphatic hydroxyl groups excluding tert-OH is 3. The van der Waals surface area contributed by atoms with E-state index in [1.807, 2.05) is 0 Å². The van der Waals surface area contributed by atoms with Crippen LogP contribution in [0.25, 0.3) is 11.0 Å². The van der Waals surface area contributed by atoms with Crippen LogP contribution in [0, 0.1) is 0 Å². The molecule has 4 atom stereocenters. The van der Waals surface area contributed by atoms with Gasteiger partial charge in [0.1, 0.15) is 41.8 Å². The van der Waals surface area contributed by atoms with Crippen molar-refractivity contribution in [3.8, 4) is 5.75 Å². The Morgan fingerprint density at radius 3 is 2.43 bits per heavy atom. The molecule has 2 heterocycles. The summed E-state index contributed by atoms with van der Waals surface area (Å²) >= 11 is 0. The maximum atomic E-state index is 12.1. The van der Waals surface area contributed by atoms with Crippen molar-refractivity contribution in [2.24, 2.45) is 0 Å². The van der Waals surface area contributed by atoms with E-state index in [-0.39, 0.29) is 37.2 Å². The lowest BCUT2D eigenvalue weighted by Gasteiger charge is -2.34. The number of amides is 2. The first-order valence-corrected chi connectivity index (χ1v) is 11.0. The minimum atomic E-state index is -1.48. The van der Waals surface area contributed by atoms with E-state index in [1.165, 1.54) is 18.2 Å². The number of rotatable bonds is 6. The molecule has 1 aliphatic rings. The Kier molecular flexibility index (Phi) is 10.3. The Hall–Kier alpha value is -3.81. The maximum absolute atomic E-state index is 12.1. The minimum absolute atomic E-state index is 0.00827. The first-order chi connectivity index (χ1) is 17.3. The van der Waals surface area contributed by atoms with Crippen molar-refractivity contribution in [1.29, 1.82) is 0 Å². The molecule has 1 saturated heterocycles. The molecule has 202 valence electrons. The second-order valence-corrected chi connectivity index (χ2v) is 8.83. The van der Waals surface area contributed by atoms with Gasteiger partial charge in [0.2, 0.25) is 12.2 Å². The first-order valence-electron chi connectivity index (χ1n) is 11.0. The smallest absolute Gasteiger partial charge is 0.408 e. The average Bonchev–Trinajstić information content (AvgIpc) is 2.80. The second-order valence-electron chi connectivity index (χ2n) is 8.83. The molecule has 14 nitrogen and oxygen atoms in total. The van der Waals surface area contributed by atoms with Gasteiger partial charge in [-0.05, 0) is 38.5 Å². The summed E-state index contributed by atoms with van der Waals surface area (Å²) in [6.07, 6.45) is -5.86. The van der Waals surface area contributed by atoms with E-state index in [0.717, 1.165) is 0 Å². The number of hydrogen-bond acceptors (Lipinski definition) is 12. The molecule has 37 heavy (non-hydrogen) atoms. The lowest BCUT2D eigenvalue weighted by molar-refractivity contribution is -0.242. The molecule has 1 aromatic heterocycles. The zero-order valence-electron chi connectivity index (χ0n) is 20.3. The van der Waals surface area contributed by atoms with Crippen molar-refractivity contribution in [1.82, 2.24) is 10.6 Å². The Morgan fingerprint density at radius 1 is 1.11 bits per heavy atom. The fourth-order valence-corrected chi connectivity index (χ4v) is 3.17. The van der Waals surface area contributed by atoms with E-state index in [1.54, 1.807) is 26.8 Å². The lowest BCUT2D eigenvalue weighted by Crippen LogP contribution is -2.54. The monoisotopic (exact) mass is 524 g/mol. The van der Waals surface area contributed by atoms with Crippen molar-refractivity contribution in [3.05, 3.63) is 40.2 Å². The van der Waals surface area contributed by atoms with Crippen LogP contribution in [0.3, 0.4) is 0 Å². The Morgan fingerprint density at radius 2 is 1.78 bits per heavy atom. The summed E-state index contributed by atoms with van der Waals surface area (Å²) in [7, 11) is 0. The van der Waals surface area contributed by atoms with Crippen molar-refractivity contribution < 1.29 is 53.1 Å². The summed E-state index contributed by atoms with van der Waals surface area (Å²) in [6, 6.07) is 5.76. The predicted molar refractivity (Wildman–Crippen MR) is 122 cm³/mol. The maximum Gasteiger partial charge on any atom is 0.408 e. The third-order valence-electron chi connectivity index (χ3n) is 4.78.